The van der Waals surface area contributed by atoms with Gasteiger partial charge >= 0.3 is 5.97 Å². The summed E-state index contributed by atoms with van der Waals surface area (Å²) >= 11 is 0. The molecule has 54 heavy (non-hydrogen) atoms. The number of rotatable bonds is 17. The number of carbonyl (C=O) groups excluding carboxylic acids is 5. The van der Waals surface area contributed by atoms with Crippen LogP contribution < -0.4 is 4.72 Å². The standard InChI is InChI=1S/C41H61N3O9S/c1-8-29-20-41(29,38(50)42-54(51,52)31-15-16-31)21-35(47)34-18-30(46)23-44(34)37(49)33(39(3,4)5)19-36(48)53-25-40(6,7)17-10-9-12-27-13-11-14-28-22-43(26(2)45)24-32(27)28/h11,13-14,29-31,33-34,46H,8-10,12,15-25H2,1-7H3,(H,42,50)/t29-,30-,33-,34+,41-/m1/s1. The monoisotopic (exact) mass is 771 g/mol. The second-order valence-corrected chi connectivity index (χ2v) is 20.2. The number of likely N-dealkylation sites (tertiary alicyclic amines) is 1. The first-order valence-corrected chi connectivity index (χ1v) is 21.3. The second-order valence-electron chi connectivity index (χ2n) is 18.3. The Bertz CT molecular complexity index is 1730. The Morgan fingerprint density at radius 2 is 1.76 bits per heavy atom. The molecule has 3 fully saturated rings. The zero-order valence-electron chi connectivity index (χ0n) is 33.2. The van der Waals surface area contributed by atoms with E-state index in [0.29, 0.717) is 38.8 Å². The van der Waals surface area contributed by atoms with Crippen molar-refractivity contribution in [1.29, 1.82) is 0 Å². The number of hydrogen-bond donors (Lipinski definition) is 2. The molecule has 0 bridgehead atoms. The molecule has 13 heteroatoms. The van der Waals surface area contributed by atoms with Crippen LogP contribution in [0.25, 0.3) is 0 Å². The number of aliphatic hydroxyl groups is 1. The average Bonchev–Trinajstić information content (AvgIpc) is 3.98. The van der Waals surface area contributed by atoms with Gasteiger partial charge in [0.15, 0.2) is 5.78 Å². The van der Waals surface area contributed by atoms with E-state index in [-0.39, 0.29) is 55.4 Å². The number of fused-ring (bicyclic) bond motifs is 1. The number of sulfonamides is 1. The highest BCUT2D eigenvalue weighted by Gasteiger charge is 2.61. The van der Waals surface area contributed by atoms with Gasteiger partial charge < -0.3 is 19.6 Å². The van der Waals surface area contributed by atoms with E-state index in [2.05, 4.69) is 36.8 Å². The fraction of sp³-hybridized carbons (Fsp3) is 0.732. The van der Waals surface area contributed by atoms with E-state index in [9.17, 15) is 37.5 Å². The van der Waals surface area contributed by atoms with Crippen LogP contribution in [0.5, 0.6) is 0 Å². The summed E-state index contributed by atoms with van der Waals surface area (Å²) in [5, 5.41) is 10.1. The van der Waals surface area contributed by atoms with Crippen LogP contribution in [0.3, 0.4) is 0 Å². The molecule has 1 aromatic carbocycles. The summed E-state index contributed by atoms with van der Waals surface area (Å²) < 4.78 is 33.1. The summed E-state index contributed by atoms with van der Waals surface area (Å²) in [6.07, 6.45) is 4.27. The van der Waals surface area contributed by atoms with E-state index in [1.807, 2.05) is 32.6 Å². The number of nitrogens with one attached hydrogen (secondary N) is 1. The van der Waals surface area contributed by atoms with Crippen molar-refractivity contribution in [3.63, 3.8) is 0 Å². The van der Waals surface area contributed by atoms with E-state index in [0.717, 1.165) is 25.7 Å². The molecular weight excluding hydrogens is 711 g/mol. The minimum atomic E-state index is -3.79. The first-order valence-electron chi connectivity index (χ1n) is 19.8. The lowest BCUT2D eigenvalue weighted by atomic mass is 9.77. The predicted molar refractivity (Wildman–Crippen MR) is 203 cm³/mol. The molecule has 0 spiro atoms. The van der Waals surface area contributed by atoms with Crippen LogP contribution >= 0.6 is 0 Å². The van der Waals surface area contributed by atoms with Crippen LogP contribution in [-0.4, -0.2) is 83.3 Å². The molecule has 2 N–H and O–H groups in total. The Morgan fingerprint density at radius 3 is 2.37 bits per heavy atom. The Balaban J connectivity index is 1.14. The average molecular weight is 772 g/mol. The van der Waals surface area contributed by atoms with Crippen LogP contribution in [0.2, 0.25) is 0 Å². The summed E-state index contributed by atoms with van der Waals surface area (Å²) in [5.41, 5.74) is 1.62. The Kier molecular flexibility index (Phi) is 12.4. The van der Waals surface area contributed by atoms with Crippen molar-refractivity contribution in [3.8, 4) is 0 Å². The molecule has 12 nitrogen and oxygen atoms in total. The maximum atomic E-state index is 14.2. The number of hydrogen-bond acceptors (Lipinski definition) is 9. The quantitative estimate of drug-likeness (QED) is 0.167. The molecule has 4 aliphatic rings. The molecule has 2 aliphatic carbocycles. The molecule has 1 saturated heterocycles. The molecule has 0 radical (unpaired) electrons. The second kappa shape index (κ2) is 16.0. The summed E-state index contributed by atoms with van der Waals surface area (Å²) in [4.78, 5) is 69.8. The third-order valence-corrected chi connectivity index (χ3v) is 14.0. The third-order valence-electron chi connectivity index (χ3n) is 12.2. The van der Waals surface area contributed by atoms with Gasteiger partial charge in [0.1, 0.15) is 0 Å². The number of Topliss-reactive ketones (excluding diaryl/α,β-unsaturated/α-hetero) is 1. The number of ketones is 1. The summed E-state index contributed by atoms with van der Waals surface area (Å²) in [6, 6.07) is 5.29. The van der Waals surface area contributed by atoms with Crippen molar-refractivity contribution in [2.45, 2.75) is 150 Å². The zero-order valence-corrected chi connectivity index (χ0v) is 34.1. The normalized spacial score (nSPS) is 24.6. The molecule has 0 unspecified atom stereocenters. The smallest absolute Gasteiger partial charge is 0.306 e. The first kappa shape index (κ1) is 41.8. The van der Waals surface area contributed by atoms with Crippen molar-refractivity contribution < 1.29 is 42.2 Å². The molecule has 3 amide bonds. The molecule has 5 rings (SSSR count). The lowest BCUT2D eigenvalue weighted by molar-refractivity contribution is -0.155. The zero-order chi connectivity index (χ0) is 39.8. The highest BCUT2D eigenvalue weighted by Crippen LogP contribution is 2.58. The Hall–Kier alpha value is -3.32. The third kappa shape index (κ3) is 9.72. The lowest BCUT2D eigenvalue weighted by Gasteiger charge is -2.35. The van der Waals surface area contributed by atoms with E-state index < -0.39 is 62.0 Å². The molecule has 1 aromatic rings. The van der Waals surface area contributed by atoms with E-state index in [4.69, 9.17) is 4.74 Å². The van der Waals surface area contributed by atoms with Crippen LogP contribution in [0.15, 0.2) is 18.2 Å². The van der Waals surface area contributed by atoms with E-state index in [1.54, 1.807) is 6.92 Å². The van der Waals surface area contributed by atoms with Gasteiger partial charge in [0.2, 0.25) is 27.7 Å². The van der Waals surface area contributed by atoms with E-state index in [1.165, 1.54) is 21.6 Å². The van der Waals surface area contributed by atoms with Crippen molar-refractivity contribution >= 4 is 39.5 Å². The summed E-state index contributed by atoms with van der Waals surface area (Å²) in [6.45, 7) is 14.6. The molecule has 300 valence electrons. The minimum absolute atomic E-state index is 0.0124. The van der Waals surface area contributed by atoms with Crippen LogP contribution in [0, 0.1) is 28.1 Å². The number of ether oxygens (including phenoxy) is 1. The maximum absolute atomic E-state index is 14.2. The summed E-state index contributed by atoms with van der Waals surface area (Å²) in [5.74, 6) is -2.89. The molecular formula is C41H61N3O9S. The molecule has 5 atom stereocenters. The van der Waals surface area contributed by atoms with Gasteiger partial charge in [-0.2, -0.15) is 0 Å². The summed E-state index contributed by atoms with van der Waals surface area (Å²) in [7, 11) is -3.79. The van der Waals surface area contributed by atoms with Crippen molar-refractivity contribution in [2.75, 3.05) is 13.2 Å². The topological polar surface area (TPSA) is 167 Å². The molecule has 2 heterocycles. The molecule has 2 aliphatic heterocycles. The lowest BCUT2D eigenvalue weighted by Crippen LogP contribution is -2.48. The Labute approximate surface area is 321 Å². The number of carbonyl (C=O) groups is 5. The van der Waals surface area contributed by atoms with Gasteiger partial charge in [-0.05, 0) is 72.0 Å². The van der Waals surface area contributed by atoms with Crippen LogP contribution in [-0.2, 0) is 58.2 Å². The fourth-order valence-corrected chi connectivity index (χ4v) is 9.76. The molecule has 0 aromatic heterocycles. The van der Waals surface area contributed by atoms with Crippen molar-refractivity contribution in [2.24, 2.45) is 28.1 Å². The van der Waals surface area contributed by atoms with Gasteiger partial charge in [-0.1, -0.05) is 72.6 Å². The number of benzene rings is 1. The van der Waals surface area contributed by atoms with Crippen molar-refractivity contribution in [3.05, 3.63) is 34.9 Å². The largest absolute Gasteiger partial charge is 0.465 e. The number of aliphatic hydroxyl groups excluding tert-OH is 1. The minimum Gasteiger partial charge on any atom is -0.465 e. The van der Waals surface area contributed by atoms with Gasteiger partial charge in [0.05, 0.1) is 41.8 Å². The fourth-order valence-electron chi connectivity index (χ4n) is 8.38. The number of aryl methyl sites for hydroxylation is 1. The van der Waals surface area contributed by atoms with Crippen molar-refractivity contribution in [1.82, 2.24) is 14.5 Å². The number of unbranched alkanes of at least 4 members (excludes halogenated alkanes) is 1. The van der Waals surface area contributed by atoms with Gasteiger partial charge in [0.25, 0.3) is 0 Å². The SMILES string of the molecule is CC[C@@H]1C[C@]1(CC(=O)[C@@H]1C[C@@H](O)CN1C(=O)[C@@H](CC(=O)OCC(C)(C)CCCCc1cccc2c1CN(C(C)=O)C2)C(C)(C)C)C(=O)NS(=O)(=O)C1CC1. The number of esters is 1. The van der Waals surface area contributed by atoms with Gasteiger partial charge in [-0.25, -0.2) is 8.42 Å². The van der Waals surface area contributed by atoms with Gasteiger partial charge in [-0.15, -0.1) is 0 Å². The number of nitrogens with zero attached hydrogens (tertiary/aromatic N) is 2. The maximum Gasteiger partial charge on any atom is 0.306 e. The van der Waals surface area contributed by atoms with Gasteiger partial charge in [0, 0.05) is 39.4 Å². The van der Waals surface area contributed by atoms with Crippen LogP contribution in [0.4, 0.5) is 0 Å². The first-order chi connectivity index (χ1) is 25.2. The number of β-amino-alcohol motifs (C(OH)–C–C–N with tert-alkyl or cyclic N) is 1. The van der Waals surface area contributed by atoms with Gasteiger partial charge in [-0.3, -0.25) is 28.7 Å². The highest BCUT2D eigenvalue weighted by molar-refractivity contribution is 7.90. The molecule has 2 saturated carbocycles. The van der Waals surface area contributed by atoms with Crippen LogP contribution in [0.1, 0.15) is 129 Å². The Morgan fingerprint density at radius 1 is 1.06 bits per heavy atom. The highest BCUT2D eigenvalue weighted by atomic mass is 32.2. The van der Waals surface area contributed by atoms with E-state index >= 15 is 0 Å². The number of amides is 3. The predicted octanol–water partition coefficient (Wildman–Crippen LogP) is 4.83.